The minimum absolute atomic E-state index is 0.298. The third kappa shape index (κ3) is 2.68. The summed E-state index contributed by atoms with van der Waals surface area (Å²) < 4.78 is 0. The molecule has 0 spiro atoms. The molecule has 0 bridgehead atoms. The van der Waals surface area contributed by atoms with E-state index >= 15 is 0 Å². The summed E-state index contributed by atoms with van der Waals surface area (Å²) in [5, 5.41) is 0. The van der Waals surface area contributed by atoms with Crippen molar-refractivity contribution in [2.24, 2.45) is 23.0 Å². The van der Waals surface area contributed by atoms with E-state index < -0.39 is 0 Å². The van der Waals surface area contributed by atoms with Crippen molar-refractivity contribution in [3.05, 3.63) is 0 Å². The van der Waals surface area contributed by atoms with Crippen LogP contribution in [-0.2, 0) is 0 Å². The van der Waals surface area contributed by atoms with Crippen LogP contribution in [0.5, 0.6) is 0 Å². The van der Waals surface area contributed by atoms with Crippen molar-refractivity contribution in [2.45, 2.75) is 58.9 Å². The fourth-order valence-electron chi connectivity index (χ4n) is 4.59. The van der Waals surface area contributed by atoms with Gasteiger partial charge in [-0.05, 0) is 49.5 Å². The van der Waals surface area contributed by atoms with Crippen LogP contribution in [-0.4, -0.2) is 30.1 Å². The van der Waals surface area contributed by atoms with Gasteiger partial charge < -0.3 is 5.73 Å². The maximum atomic E-state index is 6.21. The van der Waals surface area contributed by atoms with Crippen molar-refractivity contribution in [2.75, 3.05) is 19.6 Å². The second kappa shape index (κ2) is 4.55. The molecule has 2 fully saturated rings. The Kier molecular flexibility index (Phi) is 3.57. The van der Waals surface area contributed by atoms with E-state index in [0.717, 1.165) is 18.4 Å². The molecule has 0 amide bonds. The zero-order valence-corrected chi connectivity index (χ0v) is 12.1. The van der Waals surface area contributed by atoms with Gasteiger partial charge in [0.2, 0.25) is 0 Å². The lowest BCUT2D eigenvalue weighted by molar-refractivity contribution is 0.000156. The van der Waals surface area contributed by atoms with Gasteiger partial charge in [0.1, 0.15) is 0 Å². The van der Waals surface area contributed by atoms with Gasteiger partial charge >= 0.3 is 0 Å². The van der Waals surface area contributed by atoms with Gasteiger partial charge in [0.15, 0.2) is 0 Å². The minimum Gasteiger partial charge on any atom is -0.329 e. The van der Waals surface area contributed by atoms with Crippen molar-refractivity contribution < 1.29 is 0 Å². The van der Waals surface area contributed by atoms with Crippen LogP contribution >= 0.6 is 0 Å². The van der Waals surface area contributed by atoms with E-state index in [9.17, 15) is 0 Å². The van der Waals surface area contributed by atoms with Crippen LogP contribution in [0.2, 0.25) is 0 Å². The molecule has 3 unspecified atom stereocenters. The van der Waals surface area contributed by atoms with Gasteiger partial charge in [-0.2, -0.15) is 0 Å². The number of hydrogen-bond acceptors (Lipinski definition) is 2. The molecule has 2 N–H and O–H groups in total. The first-order valence-corrected chi connectivity index (χ1v) is 7.32. The normalized spacial score (nSPS) is 42.9. The van der Waals surface area contributed by atoms with Crippen LogP contribution in [0.1, 0.15) is 53.4 Å². The summed E-state index contributed by atoms with van der Waals surface area (Å²) in [4.78, 5) is 2.72. The number of nitrogens with two attached hydrogens (primary N) is 1. The van der Waals surface area contributed by atoms with Gasteiger partial charge in [-0.15, -0.1) is 0 Å². The molecule has 2 nitrogen and oxygen atoms in total. The van der Waals surface area contributed by atoms with Gasteiger partial charge in [-0.3, -0.25) is 4.90 Å². The van der Waals surface area contributed by atoms with Crippen molar-refractivity contribution in [3.63, 3.8) is 0 Å². The molecular weight excluding hydrogens is 208 g/mol. The molecule has 0 aromatic heterocycles. The maximum Gasteiger partial charge on any atom is 0.0339 e. The topological polar surface area (TPSA) is 29.3 Å². The summed E-state index contributed by atoms with van der Waals surface area (Å²) in [7, 11) is 0. The van der Waals surface area contributed by atoms with Crippen LogP contribution in [0.15, 0.2) is 0 Å². The first-order valence-electron chi connectivity index (χ1n) is 7.32. The fraction of sp³-hybridized carbons (Fsp3) is 1.00. The second-order valence-electron chi connectivity index (χ2n) is 7.62. The molecule has 2 heteroatoms. The van der Waals surface area contributed by atoms with Crippen LogP contribution in [0.3, 0.4) is 0 Å². The average Bonchev–Trinajstić information content (AvgIpc) is 2.62. The third-order valence-corrected chi connectivity index (χ3v) is 4.91. The quantitative estimate of drug-likeness (QED) is 0.801. The Labute approximate surface area is 107 Å². The Bertz CT molecular complexity index is 274. The van der Waals surface area contributed by atoms with E-state index in [1.54, 1.807) is 0 Å². The molecule has 0 aromatic carbocycles. The minimum atomic E-state index is 0.298. The second-order valence-corrected chi connectivity index (χ2v) is 7.62. The van der Waals surface area contributed by atoms with Gasteiger partial charge in [0, 0.05) is 18.6 Å². The summed E-state index contributed by atoms with van der Waals surface area (Å²) in [5.74, 6) is 1.68. The Morgan fingerprint density at radius 3 is 2.35 bits per heavy atom. The molecule has 2 aliphatic rings. The van der Waals surface area contributed by atoms with E-state index in [1.807, 2.05) is 0 Å². The largest absolute Gasteiger partial charge is 0.329 e. The van der Waals surface area contributed by atoms with Crippen LogP contribution in [0.4, 0.5) is 0 Å². The highest BCUT2D eigenvalue weighted by atomic mass is 15.2. The summed E-state index contributed by atoms with van der Waals surface area (Å²) in [6, 6.07) is 0. The average molecular weight is 238 g/mol. The Balaban J connectivity index is 2.18. The van der Waals surface area contributed by atoms with Crippen molar-refractivity contribution in [1.29, 1.82) is 0 Å². The predicted octanol–water partition coefficient (Wildman–Crippen LogP) is 2.87. The van der Waals surface area contributed by atoms with Crippen molar-refractivity contribution in [3.8, 4) is 0 Å². The van der Waals surface area contributed by atoms with Gasteiger partial charge in [0.25, 0.3) is 0 Å². The van der Waals surface area contributed by atoms with Gasteiger partial charge in [0.05, 0.1) is 0 Å². The first-order chi connectivity index (χ1) is 7.87. The highest BCUT2D eigenvalue weighted by molar-refractivity contribution is 5.02. The zero-order valence-electron chi connectivity index (χ0n) is 12.1. The van der Waals surface area contributed by atoms with Gasteiger partial charge in [-0.25, -0.2) is 0 Å². The molecule has 0 radical (unpaired) electrons. The lowest BCUT2D eigenvalue weighted by Crippen LogP contribution is -2.58. The Morgan fingerprint density at radius 1 is 1.18 bits per heavy atom. The Hall–Kier alpha value is -0.0800. The molecule has 100 valence electrons. The van der Waals surface area contributed by atoms with Crippen LogP contribution < -0.4 is 5.73 Å². The van der Waals surface area contributed by atoms with Crippen LogP contribution in [0.25, 0.3) is 0 Å². The monoisotopic (exact) mass is 238 g/mol. The van der Waals surface area contributed by atoms with E-state index in [0.29, 0.717) is 11.0 Å². The summed E-state index contributed by atoms with van der Waals surface area (Å²) in [6.07, 6.45) is 5.31. The molecule has 2 rings (SSSR count). The Morgan fingerprint density at radius 2 is 1.88 bits per heavy atom. The molecule has 1 saturated carbocycles. The molecule has 0 aromatic rings. The first kappa shape index (κ1) is 13.4. The van der Waals surface area contributed by atoms with Crippen LogP contribution in [0, 0.1) is 17.3 Å². The lowest BCUT2D eigenvalue weighted by atomic mass is 9.63. The van der Waals surface area contributed by atoms with Crippen molar-refractivity contribution >= 4 is 0 Å². The number of likely N-dealkylation sites (tertiary alicyclic amines) is 1. The summed E-state index contributed by atoms with van der Waals surface area (Å²) in [6.45, 7) is 13.0. The van der Waals surface area contributed by atoms with E-state index in [4.69, 9.17) is 5.73 Å². The molecule has 1 heterocycles. The lowest BCUT2D eigenvalue weighted by Gasteiger charge is -2.52. The number of rotatable bonds is 2. The predicted molar refractivity (Wildman–Crippen MR) is 73.9 cm³/mol. The van der Waals surface area contributed by atoms with Gasteiger partial charge in [-0.1, -0.05) is 27.7 Å². The highest BCUT2D eigenvalue weighted by Gasteiger charge is 2.46. The van der Waals surface area contributed by atoms with E-state index in [-0.39, 0.29) is 0 Å². The third-order valence-electron chi connectivity index (χ3n) is 4.91. The maximum absolute atomic E-state index is 6.21. The standard InChI is InChI=1S/C15H30N2/c1-12-5-6-17(9-12)15(11-16)8-13(2)7-14(3,4)10-15/h12-13H,5-11,16H2,1-4H3. The molecule has 3 atom stereocenters. The fourth-order valence-corrected chi connectivity index (χ4v) is 4.59. The molecule has 1 saturated heterocycles. The molecule has 17 heavy (non-hydrogen) atoms. The number of hydrogen-bond donors (Lipinski definition) is 1. The highest BCUT2D eigenvalue weighted by Crippen LogP contribution is 2.47. The summed E-state index contributed by atoms with van der Waals surface area (Å²) in [5.41, 5.74) is 6.96. The molecule has 1 aliphatic heterocycles. The zero-order chi connectivity index (χ0) is 12.7. The number of nitrogens with zero attached hydrogens (tertiary/aromatic N) is 1. The van der Waals surface area contributed by atoms with E-state index in [2.05, 4.69) is 32.6 Å². The smallest absolute Gasteiger partial charge is 0.0339 e. The van der Waals surface area contributed by atoms with Crippen molar-refractivity contribution in [1.82, 2.24) is 4.90 Å². The summed E-state index contributed by atoms with van der Waals surface area (Å²) >= 11 is 0. The van der Waals surface area contributed by atoms with E-state index in [1.165, 1.54) is 38.8 Å². The SMILES string of the molecule is CC1CCN(C2(CN)CC(C)CC(C)(C)C2)C1. The molecular formula is C15H30N2. The molecule has 1 aliphatic carbocycles.